The first-order valence-corrected chi connectivity index (χ1v) is 10.1. The van der Waals surface area contributed by atoms with Gasteiger partial charge in [0, 0.05) is 30.5 Å². The minimum atomic E-state index is -2.87. The second kappa shape index (κ2) is 12.6. The van der Waals surface area contributed by atoms with Gasteiger partial charge in [0.25, 0.3) is 5.92 Å². The van der Waals surface area contributed by atoms with E-state index in [0.717, 1.165) is 13.0 Å². The molecule has 0 fully saturated rings. The monoisotopic (exact) mass is 390 g/mol. The van der Waals surface area contributed by atoms with Crippen molar-refractivity contribution in [3.05, 3.63) is 0 Å². The first kappa shape index (κ1) is 23.3. The first-order valence-electron chi connectivity index (χ1n) is 7.81. The van der Waals surface area contributed by atoms with Gasteiger partial charge in [-0.3, -0.25) is 4.79 Å². The second-order valence-corrected chi connectivity index (χ2v) is 8.07. The number of halogens is 3. The van der Waals surface area contributed by atoms with Gasteiger partial charge in [0.1, 0.15) is 0 Å². The number of thioether (sulfide) groups is 1. The normalized spacial score (nSPS) is 14.6. The number of hydrogen-bond donors (Lipinski definition) is 2. The van der Waals surface area contributed by atoms with E-state index in [9.17, 15) is 13.6 Å². The van der Waals surface area contributed by atoms with Crippen LogP contribution in [-0.2, 0) is 4.79 Å². The lowest BCUT2D eigenvalue weighted by Gasteiger charge is -2.20. The van der Waals surface area contributed by atoms with Crippen molar-refractivity contribution in [2.24, 2.45) is 0 Å². The van der Waals surface area contributed by atoms with E-state index in [1.807, 2.05) is 7.05 Å². The Bertz CT molecular complexity index is 339. The summed E-state index contributed by atoms with van der Waals surface area (Å²) in [5.74, 6) is -3.44. The molecule has 2 atom stereocenters. The lowest BCUT2D eigenvalue weighted by molar-refractivity contribution is -0.130. The van der Waals surface area contributed by atoms with E-state index in [4.69, 9.17) is 11.6 Å². The average Bonchev–Trinajstić information content (AvgIpc) is 2.53. The molecule has 0 aromatic rings. The molecule has 8 heteroatoms. The van der Waals surface area contributed by atoms with Gasteiger partial charge in [-0.2, -0.15) is 24.4 Å². The van der Waals surface area contributed by atoms with Crippen LogP contribution in [0.4, 0.5) is 8.78 Å². The predicted octanol–water partition coefficient (Wildman–Crippen LogP) is 3.52. The van der Waals surface area contributed by atoms with Crippen LogP contribution in [-0.4, -0.2) is 66.0 Å². The zero-order valence-electron chi connectivity index (χ0n) is 14.2. The predicted molar refractivity (Wildman–Crippen MR) is 100 cm³/mol. The molecule has 0 aliphatic heterocycles. The zero-order valence-corrected chi connectivity index (χ0v) is 16.6. The van der Waals surface area contributed by atoms with Crippen LogP contribution in [0.15, 0.2) is 0 Å². The third-order valence-corrected chi connectivity index (χ3v) is 5.57. The van der Waals surface area contributed by atoms with Gasteiger partial charge in [0.2, 0.25) is 5.91 Å². The van der Waals surface area contributed by atoms with Crippen molar-refractivity contribution in [1.29, 1.82) is 0 Å². The zero-order chi connectivity index (χ0) is 17.9. The number of amides is 1. The molecule has 0 radical (unpaired) electrons. The summed E-state index contributed by atoms with van der Waals surface area (Å²) in [6.45, 7) is 2.92. The lowest BCUT2D eigenvalue weighted by atomic mass is 10.1. The Morgan fingerprint density at radius 2 is 2.04 bits per heavy atom. The van der Waals surface area contributed by atoms with Gasteiger partial charge in [-0.25, -0.2) is 8.78 Å². The summed E-state index contributed by atoms with van der Waals surface area (Å²) < 4.78 is 25.8. The van der Waals surface area contributed by atoms with E-state index in [2.05, 4.69) is 31.1 Å². The van der Waals surface area contributed by atoms with E-state index in [1.54, 1.807) is 16.7 Å². The SMILES string of the molecule is CSC(C)CCN(C)C(=O)CCC(S)CCNCC(F)(F)CCl. The summed E-state index contributed by atoms with van der Waals surface area (Å²) in [4.78, 5) is 13.8. The maximum Gasteiger partial charge on any atom is 0.273 e. The maximum absolute atomic E-state index is 12.9. The topological polar surface area (TPSA) is 32.3 Å². The van der Waals surface area contributed by atoms with Crippen molar-refractivity contribution in [3.8, 4) is 0 Å². The molecule has 0 aliphatic carbocycles. The fourth-order valence-corrected chi connectivity index (χ4v) is 2.52. The molecule has 0 spiro atoms. The molecule has 23 heavy (non-hydrogen) atoms. The molecular formula is C15H29ClF2N2OS2. The second-order valence-electron chi connectivity index (χ2n) is 5.80. The molecule has 3 nitrogen and oxygen atoms in total. The largest absolute Gasteiger partial charge is 0.346 e. The highest BCUT2D eigenvalue weighted by Gasteiger charge is 2.26. The molecular weight excluding hydrogens is 362 g/mol. The Labute approximate surface area is 153 Å². The number of nitrogens with zero attached hydrogens (tertiary/aromatic N) is 1. The summed E-state index contributed by atoms with van der Waals surface area (Å²) in [6.07, 6.45) is 4.78. The fraction of sp³-hybridized carbons (Fsp3) is 0.933. The van der Waals surface area contributed by atoms with E-state index in [0.29, 0.717) is 31.1 Å². The Kier molecular flexibility index (Phi) is 12.8. The van der Waals surface area contributed by atoms with Gasteiger partial charge >= 0.3 is 0 Å². The third-order valence-electron chi connectivity index (χ3n) is 3.62. The first-order chi connectivity index (χ1) is 10.7. The van der Waals surface area contributed by atoms with Crippen molar-refractivity contribution in [2.45, 2.75) is 49.0 Å². The van der Waals surface area contributed by atoms with Crippen molar-refractivity contribution in [2.75, 3.05) is 38.8 Å². The molecule has 0 heterocycles. The van der Waals surface area contributed by atoms with E-state index >= 15 is 0 Å². The van der Waals surface area contributed by atoms with Gasteiger partial charge in [-0.1, -0.05) is 6.92 Å². The minimum absolute atomic E-state index is 0.0228. The average molecular weight is 391 g/mol. The lowest BCUT2D eigenvalue weighted by Crippen LogP contribution is -2.35. The fourth-order valence-electron chi connectivity index (χ4n) is 1.83. The third kappa shape index (κ3) is 12.3. The summed E-state index contributed by atoms with van der Waals surface area (Å²) in [5.41, 5.74) is 0. The van der Waals surface area contributed by atoms with Crippen LogP contribution in [0.25, 0.3) is 0 Å². The number of nitrogens with one attached hydrogen (secondary N) is 1. The van der Waals surface area contributed by atoms with Crippen LogP contribution in [0.1, 0.15) is 32.6 Å². The molecule has 0 aliphatic rings. The molecule has 0 saturated carbocycles. The number of thiol groups is 1. The highest BCUT2D eigenvalue weighted by molar-refractivity contribution is 7.99. The smallest absolute Gasteiger partial charge is 0.273 e. The maximum atomic E-state index is 12.9. The molecule has 0 aromatic heterocycles. The van der Waals surface area contributed by atoms with E-state index in [-0.39, 0.29) is 11.2 Å². The Hall–Kier alpha value is 0.280. The summed E-state index contributed by atoms with van der Waals surface area (Å²) in [5, 5.41) is 3.24. The van der Waals surface area contributed by atoms with E-state index < -0.39 is 18.3 Å². The highest BCUT2D eigenvalue weighted by atomic mass is 35.5. The molecule has 0 aromatic carbocycles. The van der Waals surface area contributed by atoms with Crippen LogP contribution in [0.5, 0.6) is 0 Å². The van der Waals surface area contributed by atoms with Crippen molar-refractivity contribution in [1.82, 2.24) is 10.2 Å². The number of hydrogen-bond acceptors (Lipinski definition) is 4. The Balaban J connectivity index is 3.79. The quantitative estimate of drug-likeness (QED) is 0.287. The molecule has 0 bridgehead atoms. The van der Waals surface area contributed by atoms with Gasteiger partial charge in [0.15, 0.2) is 0 Å². The highest BCUT2D eigenvalue weighted by Crippen LogP contribution is 2.15. The molecule has 0 saturated heterocycles. The molecule has 0 rings (SSSR count). The summed E-state index contributed by atoms with van der Waals surface area (Å²) in [6, 6.07) is 0. The number of carbonyl (C=O) groups excluding carboxylic acids is 1. The van der Waals surface area contributed by atoms with Crippen molar-refractivity contribution < 1.29 is 13.6 Å². The van der Waals surface area contributed by atoms with Crippen molar-refractivity contribution in [3.63, 3.8) is 0 Å². The number of rotatable bonds is 13. The molecule has 1 N–H and O–H groups in total. The van der Waals surface area contributed by atoms with Gasteiger partial charge in [0.05, 0.1) is 12.4 Å². The van der Waals surface area contributed by atoms with Gasteiger partial charge in [-0.05, 0) is 32.1 Å². The minimum Gasteiger partial charge on any atom is -0.346 e. The van der Waals surface area contributed by atoms with Crippen molar-refractivity contribution >= 4 is 41.9 Å². The van der Waals surface area contributed by atoms with Crippen LogP contribution in [0.3, 0.4) is 0 Å². The number of carbonyl (C=O) groups is 1. The molecule has 2 unspecified atom stereocenters. The standard InChI is InChI=1S/C15H29ClF2N2OS2/c1-12(23-3)7-9-20(2)14(21)5-4-13(22)6-8-19-11-15(17,18)10-16/h12-13,19,22H,4-11H2,1-3H3. The molecule has 1 amide bonds. The van der Waals surface area contributed by atoms with E-state index in [1.165, 1.54) is 0 Å². The number of alkyl halides is 3. The van der Waals surface area contributed by atoms with Crippen LogP contribution >= 0.6 is 36.0 Å². The molecule has 138 valence electrons. The van der Waals surface area contributed by atoms with Gasteiger partial charge < -0.3 is 10.2 Å². The van der Waals surface area contributed by atoms with Crippen LogP contribution in [0.2, 0.25) is 0 Å². The van der Waals surface area contributed by atoms with Crippen LogP contribution in [0, 0.1) is 0 Å². The Morgan fingerprint density at radius 3 is 2.61 bits per heavy atom. The summed E-state index contributed by atoms with van der Waals surface area (Å²) >= 11 is 11.4. The van der Waals surface area contributed by atoms with Gasteiger partial charge in [-0.15, -0.1) is 11.6 Å². The Morgan fingerprint density at radius 1 is 1.39 bits per heavy atom. The van der Waals surface area contributed by atoms with Crippen LogP contribution < -0.4 is 5.32 Å². The summed E-state index contributed by atoms with van der Waals surface area (Å²) in [7, 11) is 1.82.